The van der Waals surface area contributed by atoms with E-state index in [9.17, 15) is 9.18 Å². The van der Waals surface area contributed by atoms with Crippen molar-refractivity contribution in [2.45, 2.75) is 32.6 Å². The Labute approximate surface area is 135 Å². The maximum Gasteiger partial charge on any atom is 0.229 e. The van der Waals surface area contributed by atoms with E-state index in [2.05, 4.69) is 27.8 Å². The van der Waals surface area contributed by atoms with Crippen LogP contribution < -0.4 is 10.6 Å². The Balaban J connectivity index is 1.81. The van der Waals surface area contributed by atoms with Crippen LogP contribution in [0.15, 0.2) is 36.4 Å². The largest absolute Gasteiger partial charge is 0.369 e. The minimum Gasteiger partial charge on any atom is -0.369 e. The minimum atomic E-state index is -0.353. The minimum absolute atomic E-state index is 0.0937. The first-order valence-corrected chi connectivity index (χ1v) is 7.79. The Kier molecular flexibility index (Phi) is 6.47. The zero-order chi connectivity index (χ0) is 16.5. The van der Waals surface area contributed by atoms with Crippen LogP contribution >= 0.6 is 0 Å². The molecule has 2 rings (SSSR count). The van der Waals surface area contributed by atoms with Crippen LogP contribution in [-0.2, 0) is 11.2 Å². The monoisotopic (exact) mass is 316 g/mol. The lowest BCUT2D eigenvalue weighted by Crippen LogP contribution is -2.16. The zero-order valence-electron chi connectivity index (χ0n) is 13.2. The molecular weight excluding hydrogens is 295 g/mol. The van der Waals surface area contributed by atoms with E-state index in [4.69, 9.17) is 0 Å². The second-order valence-corrected chi connectivity index (χ2v) is 5.29. The number of aromatic nitrogens is 2. The molecule has 5 nitrogen and oxygen atoms in total. The SMILES string of the molecule is CCCCCNc1ccc(NC(=O)Cc2cccc(F)c2)nn1. The van der Waals surface area contributed by atoms with Crippen molar-refractivity contribution in [3.63, 3.8) is 0 Å². The molecule has 0 bridgehead atoms. The van der Waals surface area contributed by atoms with Crippen molar-refractivity contribution in [2.75, 3.05) is 17.2 Å². The van der Waals surface area contributed by atoms with Crippen molar-refractivity contribution >= 4 is 17.5 Å². The topological polar surface area (TPSA) is 66.9 Å². The fourth-order valence-electron chi connectivity index (χ4n) is 2.10. The number of benzene rings is 1. The van der Waals surface area contributed by atoms with Crippen molar-refractivity contribution < 1.29 is 9.18 Å². The summed E-state index contributed by atoms with van der Waals surface area (Å²) in [5.74, 6) is 0.455. The molecule has 0 aliphatic heterocycles. The van der Waals surface area contributed by atoms with Gasteiger partial charge >= 0.3 is 0 Å². The molecule has 0 aliphatic rings. The fraction of sp³-hybridized carbons (Fsp3) is 0.353. The Morgan fingerprint density at radius 2 is 1.91 bits per heavy atom. The van der Waals surface area contributed by atoms with Gasteiger partial charge in [-0.2, -0.15) is 0 Å². The van der Waals surface area contributed by atoms with Crippen LogP contribution in [0.5, 0.6) is 0 Å². The Morgan fingerprint density at radius 3 is 2.61 bits per heavy atom. The van der Waals surface area contributed by atoms with E-state index < -0.39 is 0 Å². The summed E-state index contributed by atoms with van der Waals surface area (Å²) in [6.07, 6.45) is 3.53. The molecule has 6 heteroatoms. The zero-order valence-corrected chi connectivity index (χ0v) is 13.2. The molecule has 0 radical (unpaired) electrons. The van der Waals surface area contributed by atoms with Crippen molar-refractivity contribution in [1.29, 1.82) is 0 Å². The highest BCUT2D eigenvalue weighted by molar-refractivity contribution is 5.91. The summed E-state index contributed by atoms with van der Waals surface area (Å²) in [6.45, 7) is 3.01. The number of hydrogen-bond acceptors (Lipinski definition) is 4. The van der Waals surface area contributed by atoms with Gasteiger partial charge in [-0.25, -0.2) is 4.39 Å². The summed E-state index contributed by atoms with van der Waals surface area (Å²) in [4.78, 5) is 11.9. The lowest BCUT2D eigenvalue weighted by molar-refractivity contribution is -0.115. The maximum atomic E-state index is 13.1. The molecule has 2 aromatic rings. The number of rotatable bonds is 8. The lowest BCUT2D eigenvalue weighted by atomic mass is 10.1. The number of carbonyl (C=O) groups is 1. The third kappa shape index (κ3) is 6.02. The van der Waals surface area contributed by atoms with E-state index in [0.717, 1.165) is 13.0 Å². The van der Waals surface area contributed by atoms with Gasteiger partial charge < -0.3 is 10.6 Å². The molecule has 23 heavy (non-hydrogen) atoms. The number of nitrogens with one attached hydrogen (secondary N) is 2. The normalized spacial score (nSPS) is 10.3. The highest BCUT2D eigenvalue weighted by atomic mass is 19.1. The van der Waals surface area contributed by atoms with E-state index in [0.29, 0.717) is 17.2 Å². The van der Waals surface area contributed by atoms with E-state index in [1.165, 1.54) is 25.0 Å². The van der Waals surface area contributed by atoms with E-state index >= 15 is 0 Å². The third-order valence-corrected chi connectivity index (χ3v) is 3.27. The molecule has 0 atom stereocenters. The van der Waals surface area contributed by atoms with Gasteiger partial charge in [0.15, 0.2) is 5.82 Å². The molecule has 0 unspecified atom stereocenters. The van der Waals surface area contributed by atoms with Gasteiger partial charge in [0.1, 0.15) is 11.6 Å². The predicted octanol–water partition coefficient (Wildman–Crippen LogP) is 3.40. The third-order valence-electron chi connectivity index (χ3n) is 3.27. The number of amides is 1. The van der Waals surface area contributed by atoms with Crippen molar-refractivity contribution in [3.05, 3.63) is 47.8 Å². The second-order valence-electron chi connectivity index (χ2n) is 5.29. The average molecular weight is 316 g/mol. The predicted molar refractivity (Wildman–Crippen MR) is 88.8 cm³/mol. The van der Waals surface area contributed by atoms with Gasteiger partial charge in [-0.05, 0) is 36.2 Å². The number of anilines is 2. The van der Waals surface area contributed by atoms with E-state index in [1.54, 1.807) is 24.3 Å². The molecule has 0 spiro atoms. The molecule has 0 fully saturated rings. The van der Waals surface area contributed by atoms with Crippen LogP contribution in [0.3, 0.4) is 0 Å². The summed E-state index contributed by atoms with van der Waals surface area (Å²) < 4.78 is 13.1. The van der Waals surface area contributed by atoms with Gasteiger partial charge in [-0.15, -0.1) is 10.2 Å². The molecule has 1 heterocycles. The Hall–Kier alpha value is -2.50. The molecule has 1 aromatic carbocycles. The van der Waals surface area contributed by atoms with Crippen LogP contribution in [0.25, 0.3) is 0 Å². The second kappa shape index (κ2) is 8.82. The summed E-state index contributed by atoms with van der Waals surface area (Å²) >= 11 is 0. The first-order valence-electron chi connectivity index (χ1n) is 7.79. The molecule has 0 saturated carbocycles. The highest BCUT2D eigenvalue weighted by Crippen LogP contribution is 2.09. The fourth-order valence-corrected chi connectivity index (χ4v) is 2.10. The van der Waals surface area contributed by atoms with Gasteiger partial charge in [0.05, 0.1) is 6.42 Å². The Morgan fingerprint density at radius 1 is 1.13 bits per heavy atom. The summed E-state index contributed by atoms with van der Waals surface area (Å²) in [5.41, 5.74) is 0.615. The smallest absolute Gasteiger partial charge is 0.229 e. The maximum absolute atomic E-state index is 13.1. The number of halogens is 1. The summed E-state index contributed by atoms with van der Waals surface area (Å²) in [6, 6.07) is 9.44. The first-order chi connectivity index (χ1) is 11.2. The van der Waals surface area contributed by atoms with E-state index in [-0.39, 0.29) is 18.1 Å². The Bertz CT molecular complexity index is 631. The van der Waals surface area contributed by atoms with Gasteiger partial charge in [-0.1, -0.05) is 31.9 Å². The van der Waals surface area contributed by atoms with E-state index in [1.807, 2.05) is 0 Å². The van der Waals surface area contributed by atoms with Crippen LogP contribution in [0, 0.1) is 5.82 Å². The molecule has 0 saturated heterocycles. The molecule has 1 amide bonds. The highest BCUT2D eigenvalue weighted by Gasteiger charge is 2.06. The van der Waals surface area contributed by atoms with Crippen LogP contribution in [0.1, 0.15) is 31.7 Å². The number of unbranched alkanes of at least 4 members (excludes halogenated alkanes) is 2. The summed E-state index contributed by atoms with van der Waals surface area (Å²) in [7, 11) is 0. The molecule has 0 aliphatic carbocycles. The molecule has 2 N–H and O–H groups in total. The number of carbonyl (C=O) groups excluding carboxylic acids is 1. The number of nitrogens with zero attached hydrogens (tertiary/aromatic N) is 2. The first kappa shape index (κ1) is 16.9. The van der Waals surface area contributed by atoms with Gasteiger partial charge in [0, 0.05) is 6.54 Å². The van der Waals surface area contributed by atoms with Crippen molar-refractivity contribution in [1.82, 2.24) is 10.2 Å². The standard InChI is InChI=1S/C17H21FN4O/c1-2-3-4-10-19-15-8-9-16(22-21-15)20-17(23)12-13-6-5-7-14(18)11-13/h5-9,11H,2-4,10,12H2,1H3,(H,19,21)(H,20,22,23). The number of hydrogen-bond donors (Lipinski definition) is 2. The molecule has 122 valence electrons. The van der Waals surface area contributed by atoms with Crippen LogP contribution in [0.4, 0.5) is 16.0 Å². The lowest BCUT2D eigenvalue weighted by Gasteiger charge is -2.06. The molecular formula is C17H21FN4O. The van der Waals surface area contributed by atoms with Gasteiger partial charge in [-0.3, -0.25) is 4.79 Å². The van der Waals surface area contributed by atoms with Gasteiger partial charge in [0.25, 0.3) is 0 Å². The van der Waals surface area contributed by atoms with Crippen molar-refractivity contribution in [2.24, 2.45) is 0 Å². The summed E-state index contributed by atoms with van der Waals surface area (Å²) in [5, 5.41) is 13.8. The van der Waals surface area contributed by atoms with Crippen LogP contribution in [-0.4, -0.2) is 22.6 Å². The van der Waals surface area contributed by atoms with Crippen molar-refractivity contribution in [3.8, 4) is 0 Å². The quantitative estimate of drug-likeness (QED) is 0.733. The average Bonchev–Trinajstić information content (AvgIpc) is 2.53. The van der Waals surface area contributed by atoms with Crippen LogP contribution in [0.2, 0.25) is 0 Å². The van der Waals surface area contributed by atoms with Gasteiger partial charge in [0.2, 0.25) is 5.91 Å². The molecule has 1 aromatic heterocycles.